The third kappa shape index (κ3) is 2.97. The lowest BCUT2D eigenvalue weighted by Crippen LogP contribution is -2.45. The van der Waals surface area contributed by atoms with E-state index in [1.165, 1.54) is 21.1 Å². The first-order chi connectivity index (χ1) is 9.91. The molecule has 0 atom stereocenters. The predicted octanol–water partition coefficient (Wildman–Crippen LogP) is 0.742. The number of aryl methyl sites for hydroxylation is 1. The number of aromatic carboxylic acids is 1. The smallest absolute Gasteiger partial charge is 0.352 e. The molecule has 1 aliphatic rings. The number of sulfonamides is 1. The molecule has 1 saturated carbocycles. The predicted molar refractivity (Wildman–Crippen MR) is 75.7 cm³/mol. The van der Waals surface area contributed by atoms with E-state index >= 15 is 0 Å². The van der Waals surface area contributed by atoms with Crippen LogP contribution in [-0.2, 0) is 16.6 Å². The molecule has 21 heavy (non-hydrogen) atoms. The molecule has 8 heteroatoms. The Morgan fingerprint density at radius 1 is 1.48 bits per heavy atom. The van der Waals surface area contributed by atoms with Crippen molar-refractivity contribution in [2.75, 3.05) is 13.2 Å². The molecule has 0 amide bonds. The molecule has 0 bridgehead atoms. The second kappa shape index (κ2) is 6.17. The van der Waals surface area contributed by atoms with Gasteiger partial charge in [0.05, 0.1) is 6.61 Å². The number of nitrogens with zero attached hydrogens (tertiary/aromatic N) is 2. The molecule has 2 rings (SSSR count). The second-order valence-corrected chi connectivity index (χ2v) is 6.97. The summed E-state index contributed by atoms with van der Waals surface area (Å²) in [5.41, 5.74) is -0.0476. The molecule has 2 N–H and O–H groups in total. The molecule has 0 saturated heterocycles. The molecule has 1 aromatic rings. The fourth-order valence-electron chi connectivity index (χ4n) is 2.47. The van der Waals surface area contributed by atoms with Crippen LogP contribution < -0.4 is 0 Å². The van der Waals surface area contributed by atoms with Crippen molar-refractivity contribution in [3.05, 3.63) is 18.0 Å². The first-order valence-electron chi connectivity index (χ1n) is 6.98. The van der Waals surface area contributed by atoms with Crippen LogP contribution in [0.4, 0.5) is 0 Å². The highest BCUT2D eigenvalue weighted by molar-refractivity contribution is 7.89. The molecule has 1 aliphatic carbocycles. The third-order valence-corrected chi connectivity index (χ3v) is 5.76. The van der Waals surface area contributed by atoms with E-state index in [0.717, 1.165) is 19.3 Å². The molecule has 7 nitrogen and oxygen atoms in total. The van der Waals surface area contributed by atoms with Crippen LogP contribution in [0.15, 0.2) is 17.2 Å². The van der Waals surface area contributed by atoms with E-state index in [-0.39, 0.29) is 29.8 Å². The Morgan fingerprint density at radius 3 is 2.52 bits per heavy atom. The Balaban J connectivity index is 2.39. The summed E-state index contributed by atoms with van der Waals surface area (Å²) in [4.78, 5) is 11.1. The lowest BCUT2D eigenvalue weighted by molar-refractivity contribution is 0.0685. The summed E-state index contributed by atoms with van der Waals surface area (Å²) >= 11 is 0. The molecule has 0 radical (unpaired) electrons. The van der Waals surface area contributed by atoms with Gasteiger partial charge in [0.15, 0.2) is 0 Å². The molecule has 118 valence electrons. The van der Waals surface area contributed by atoms with E-state index in [1.807, 2.05) is 0 Å². The Hall–Kier alpha value is -1.38. The number of carbonyl (C=O) groups is 1. The van der Waals surface area contributed by atoms with Crippen LogP contribution in [0.25, 0.3) is 0 Å². The van der Waals surface area contributed by atoms with Crippen LogP contribution in [-0.4, -0.2) is 52.7 Å². The Labute approximate surface area is 123 Å². The van der Waals surface area contributed by atoms with Crippen LogP contribution in [0.3, 0.4) is 0 Å². The number of carboxylic acids is 1. The van der Waals surface area contributed by atoms with Gasteiger partial charge in [0, 0.05) is 25.3 Å². The molecule has 0 aromatic carbocycles. The van der Waals surface area contributed by atoms with Crippen molar-refractivity contribution < 1.29 is 23.4 Å². The molecule has 0 spiro atoms. The van der Waals surface area contributed by atoms with Crippen LogP contribution in [0.5, 0.6) is 0 Å². The standard InChI is InChI=1S/C13H20N2O5S/c1-2-14-9-11(8-12(14)13(17)18)21(19,20)15(6-7-16)10-4-3-5-10/h8-10,16H,2-7H2,1H3,(H,17,18). The minimum Gasteiger partial charge on any atom is -0.477 e. The van der Waals surface area contributed by atoms with Crippen molar-refractivity contribution in [3.8, 4) is 0 Å². The number of carboxylic acid groups (broad SMARTS) is 1. The van der Waals surface area contributed by atoms with Crippen LogP contribution in [0.2, 0.25) is 0 Å². The molecular formula is C13H20N2O5S. The van der Waals surface area contributed by atoms with Crippen LogP contribution in [0.1, 0.15) is 36.7 Å². The fourth-order valence-corrected chi connectivity index (χ4v) is 4.19. The summed E-state index contributed by atoms with van der Waals surface area (Å²) in [5, 5.41) is 18.2. The summed E-state index contributed by atoms with van der Waals surface area (Å²) in [5.74, 6) is -1.16. The molecule has 0 aliphatic heterocycles. The van der Waals surface area contributed by atoms with Crippen molar-refractivity contribution in [3.63, 3.8) is 0 Å². The highest BCUT2D eigenvalue weighted by Gasteiger charge is 2.35. The minimum absolute atomic E-state index is 0.0258. The van der Waals surface area contributed by atoms with E-state index < -0.39 is 16.0 Å². The van der Waals surface area contributed by atoms with Crippen molar-refractivity contribution in [2.24, 2.45) is 0 Å². The van der Waals surface area contributed by atoms with Gasteiger partial charge >= 0.3 is 5.97 Å². The molecular weight excluding hydrogens is 296 g/mol. The average Bonchev–Trinajstić information content (AvgIpc) is 2.81. The zero-order valence-electron chi connectivity index (χ0n) is 11.9. The molecule has 0 unspecified atom stereocenters. The van der Waals surface area contributed by atoms with Crippen LogP contribution in [0, 0.1) is 0 Å². The Morgan fingerprint density at radius 2 is 2.14 bits per heavy atom. The van der Waals surface area contributed by atoms with E-state index in [9.17, 15) is 13.2 Å². The fraction of sp³-hybridized carbons (Fsp3) is 0.615. The maximum atomic E-state index is 12.7. The molecule has 1 heterocycles. The van der Waals surface area contributed by atoms with Gasteiger partial charge in [0.2, 0.25) is 10.0 Å². The molecule has 1 fully saturated rings. The minimum atomic E-state index is -3.78. The van der Waals surface area contributed by atoms with Gasteiger partial charge in [-0.3, -0.25) is 0 Å². The quantitative estimate of drug-likeness (QED) is 0.773. The first-order valence-corrected chi connectivity index (χ1v) is 8.42. The van der Waals surface area contributed by atoms with Gasteiger partial charge in [-0.05, 0) is 25.8 Å². The first kappa shape index (κ1) is 16.0. The molecule has 1 aromatic heterocycles. The number of hydrogen-bond donors (Lipinski definition) is 2. The lowest BCUT2D eigenvalue weighted by Gasteiger charge is -2.35. The van der Waals surface area contributed by atoms with Gasteiger partial charge < -0.3 is 14.8 Å². The number of aliphatic hydroxyl groups is 1. The number of hydrogen-bond acceptors (Lipinski definition) is 4. The second-order valence-electron chi connectivity index (χ2n) is 5.08. The van der Waals surface area contributed by atoms with Gasteiger partial charge in [-0.25, -0.2) is 13.2 Å². The van der Waals surface area contributed by atoms with E-state index in [4.69, 9.17) is 10.2 Å². The highest BCUT2D eigenvalue weighted by Crippen LogP contribution is 2.30. The van der Waals surface area contributed by atoms with Gasteiger partial charge in [-0.1, -0.05) is 6.42 Å². The summed E-state index contributed by atoms with van der Waals surface area (Å²) in [6.07, 6.45) is 3.87. The van der Waals surface area contributed by atoms with E-state index in [0.29, 0.717) is 6.54 Å². The topological polar surface area (TPSA) is 99.8 Å². The summed E-state index contributed by atoms with van der Waals surface area (Å²) in [6, 6.07) is 1.09. The highest BCUT2D eigenvalue weighted by atomic mass is 32.2. The largest absolute Gasteiger partial charge is 0.477 e. The Bertz CT molecular complexity index is 619. The monoisotopic (exact) mass is 316 g/mol. The average molecular weight is 316 g/mol. The number of aliphatic hydroxyl groups excluding tert-OH is 1. The van der Waals surface area contributed by atoms with Gasteiger partial charge in [-0.2, -0.15) is 4.31 Å². The van der Waals surface area contributed by atoms with Crippen molar-refractivity contribution in [2.45, 2.75) is 43.7 Å². The summed E-state index contributed by atoms with van der Waals surface area (Å²) < 4.78 is 28.0. The van der Waals surface area contributed by atoms with Gasteiger partial charge in [0.1, 0.15) is 10.6 Å². The van der Waals surface area contributed by atoms with Crippen molar-refractivity contribution >= 4 is 16.0 Å². The number of rotatable bonds is 7. The zero-order valence-corrected chi connectivity index (χ0v) is 12.7. The van der Waals surface area contributed by atoms with Crippen molar-refractivity contribution in [1.29, 1.82) is 0 Å². The lowest BCUT2D eigenvalue weighted by atomic mass is 9.93. The SMILES string of the molecule is CCn1cc(S(=O)(=O)N(CCO)C2CCC2)cc1C(=O)O. The summed E-state index contributed by atoms with van der Waals surface area (Å²) in [6.45, 7) is 1.91. The van der Waals surface area contributed by atoms with Gasteiger partial charge in [-0.15, -0.1) is 0 Å². The van der Waals surface area contributed by atoms with Crippen molar-refractivity contribution in [1.82, 2.24) is 8.87 Å². The number of aromatic nitrogens is 1. The normalized spacial score (nSPS) is 16.1. The maximum absolute atomic E-state index is 12.7. The van der Waals surface area contributed by atoms with Gasteiger partial charge in [0.25, 0.3) is 0 Å². The third-order valence-electron chi connectivity index (χ3n) is 3.84. The maximum Gasteiger partial charge on any atom is 0.352 e. The zero-order chi connectivity index (χ0) is 15.6. The Kier molecular flexibility index (Phi) is 4.70. The summed E-state index contributed by atoms with van der Waals surface area (Å²) in [7, 11) is -3.78. The van der Waals surface area contributed by atoms with E-state index in [1.54, 1.807) is 6.92 Å². The van der Waals surface area contributed by atoms with E-state index in [2.05, 4.69) is 0 Å². The van der Waals surface area contributed by atoms with Crippen LogP contribution >= 0.6 is 0 Å².